The van der Waals surface area contributed by atoms with Gasteiger partial charge in [-0.05, 0) is 49.7 Å². The molecule has 1 aliphatic heterocycles. The molecule has 0 radical (unpaired) electrons. The van der Waals surface area contributed by atoms with Crippen LogP contribution in [0.4, 0.5) is 32.0 Å². The second kappa shape index (κ2) is 8.52. The fourth-order valence-corrected chi connectivity index (χ4v) is 5.10. The molecule has 1 saturated heterocycles. The molecule has 3 aromatic heterocycles. The summed E-state index contributed by atoms with van der Waals surface area (Å²) in [7, 11) is 0. The maximum absolute atomic E-state index is 13.1. The molecule has 188 valence electrons. The van der Waals surface area contributed by atoms with Gasteiger partial charge in [0.05, 0.1) is 0 Å². The van der Waals surface area contributed by atoms with Crippen molar-refractivity contribution in [2.75, 3.05) is 18.0 Å². The summed E-state index contributed by atoms with van der Waals surface area (Å²) in [6, 6.07) is 2.68. The summed E-state index contributed by atoms with van der Waals surface area (Å²) < 4.78 is 84.4. The topological polar surface area (TPSA) is 68.4 Å². The van der Waals surface area contributed by atoms with E-state index in [1.807, 2.05) is 4.90 Å². The fraction of sp³-hybridized carbons (Fsp3) is 0.545. The molecule has 5 rings (SSSR count). The van der Waals surface area contributed by atoms with Crippen molar-refractivity contribution in [3.63, 3.8) is 0 Å². The van der Waals surface area contributed by atoms with Crippen LogP contribution < -0.4 is 9.64 Å². The van der Waals surface area contributed by atoms with Crippen LogP contribution in [0.25, 0.3) is 5.65 Å². The van der Waals surface area contributed by atoms with E-state index in [-0.39, 0.29) is 29.3 Å². The lowest BCUT2D eigenvalue weighted by atomic mass is 9.82. The van der Waals surface area contributed by atoms with Crippen LogP contribution in [-0.2, 0) is 12.6 Å². The van der Waals surface area contributed by atoms with Gasteiger partial charge in [-0.1, -0.05) is 0 Å². The van der Waals surface area contributed by atoms with Crippen molar-refractivity contribution < 1.29 is 31.1 Å². The third-order valence-corrected chi connectivity index (χ3v) is 6.86. The Bertz CT molecular complexity index is 1200. The Balaban J connectivity index is 1.32. The fourth-order valence-electron chi connectivity index (χ4n) is 5.10. The van der Waals surface area contributed by atoms with Crippen molar-refractivity contribution in [3.8, 4) is 5.88 Å². The average molecular weight is 500 g/mol. The smallest absolute Gasteiger partial charge is 0.433 e. The molecule has 0 aromatic carbocycles. The SMILES string of the molecule is CC(Oc1nccn2nc(CC3[C@@H]4CC[C@H]3CN(c3ccnc(C(F)(F)F)c3)C4)nc12)C(F)(F)F. The van der Waals surface area contributed by atoms with Gasteiger partial charge < -0.3 is 9.64 Å². The predicted octanol–water partition coefficient (Wildman–Crippen LogP) is 4.57. The first kappa shape index (κ1) is 23.6. The molecule has 0 amide bonds. The molecular formula is C22H22F6N6O. The van der Waals surface area contributed by atoms with Gasteiger partial charge in [-0.3, -0.25) is 4.98 Å². The number of fused-ring (bicyclic) bond motifs is 3. The Kier molecular flexibility index (Phi) is 5.75. The van der Waals surface area contributed by atoms with E-state index in [1.165, 1.54) is 23.1 Å². The number of pyridine rings is 1. The quantitative estimate of drug-likeness (QED) is 0.478. The van der Waals surface area contributed by atoms with Crippen LogP contribution in [0.5, 0.6) is 5.88 Å². The highest BCUT2D eigenvalue weighted by Gasteiger charge is 2.43. The van der Waals surface area contributed by atoms with E-state index in [4.69, 9.17) is 4.74 Å². The molecule has 0 N–H and O–H groups in total. The average Bonchev–Trinajstić information content (AvgIpc) is 3.29. The van der Waals surface area contributed by atoms with Crippen molar-refractivity contribution in [2.24, 2.45) is 17.8 Å². The van der Waals surface area contributed by atoms with E-state index in [0.29, 0.717) is 31.0 Å². The lowest BCUT2D eigenvalue weighted by Crippen LogP contribution is -2.43. The molecular weight excluding hydrogens is 478 g/mol. The van der Waals surface area contributed by atoms with Gasteiger partial charge >= 0.3 is 12.4 Å². The summed E-state index contributed by atoms with van der Waals surface area (Å²) in [6.45, 7) is 2.11. The lowest BCUT2D eigenvalue weighted by molar-refractivity contribution is -0.189. The van der Waals surface area contributed by atoms with Gasteiger partial charge in [0.25, 0.3) is 5.88 Å². The van der Waals surface area contributed by atoms with Crippen LogP contribution in [0, 0.1) is 17.8 Å². The first-order valence-electron chi connectivity index (χ1n) is 11.2. The number of alkyl halides is 6. The number of nitrogens with zero attached hydrogens (tertiary/aromatic N) is 6. The van der Waals surface area contributed by atoms with Gasteiger partial charge in [0.2, 0.25) is 5.65 Å². The maximum Gasteiger partial charge on any atom is 0.433 e. The highest BCUT2D eigenvalue weighted by molar-refractivity contribution is 5.49. The predicted molar refractivity (Wildman–Crippen MR) is 112 cm³/mol. The number of rotatable bonds is 5. The summed E-state index contributed by atoms with van der Waals surface area (Å²) in [4.78, 5) is 13.7. The van der Waals surface area contributed by atoms with Crippen molar-refractivity contribution in [2.45, 2.75) is 44.6 Å². The van der Waals surface area contributed by atoms with Crippen LogP contribution in [0.2, 0.25) is 0 Å². The van der Waals surface area contributed by atoms with E-state index in [0.717, 1.165) is 25.8 Å². The molecule has 13 heteroatoms. The van der Waals surface area contributed by atoms with Crippen LogP contribution in [0.1, 0.15) is 31.3 Å². The monoisotopic (exact) mass is 500 g/mol. The van der Waals surface area contributed by atoms with Crippen LogP contribution in [-0.4, -0.2) is 49.9 Å². The molecule has 7 nitrogen and oxygen atoms in total. The molecule has 35 heavy (non-hydrogen) atoms. The number of halogens is 6. The van der Waals surface area contributed by atoms with E-state index >= 15 is 0 Å². The van der Waals surface area contributed by atoms with Crippen molar-refractivity contribution in [1.82, 2.24) is 24.6 Å². The standard InChI is InChI=1S/C22H22F6N6O/c1-12(21(23,24)25)35-20-19-31-18(32-34(19)7-6-30-20)9-16-13-2-3-14(16)11-33(10-13)15-4-5-29-17(8-15)22(26,27)28/h4-8,12-14,16H,2-3,9-11H2,1H3/t12?,13-,14+,16?. The third-order valence-electron chi connectivity index (χ3n) is 6.86. The summed E-state index contributed by atoms with van der Waals surface area (Å²) in [5, 5.41) is 4.41. The molecule has 4 heterocycles. The Morgan fingerprint density at radius 1 is 1.06 bits per heavy atom. The first-order chi connectivity index (χ1) is 16.5. The van der Waals surface area contributed by atoms with Crippen LogP contribution in [0.3, 0.4) is 0 Å². The van der Waals surface area contributed by atoms with Crippen LogP contribution >= 0.6 is 0 Å². The normalized spacial score (nSPS) is 23.6. The van der Waals surface area contributed by atoms with Crippen molar-refractivity contribution in [1.29, 1.82) is 0 Å². The molecule has 0 spiro atoms. The van der Waals surface area contributed by atoms with Crippen molar-refractivity contribution in [3.05, 3.63) is 42.2 Å². The summed E-state index contributed by atoms with van der Waals surface area (Å²) in [5.41, 5.74) is -0.301. The molecule has 2 aliphatic rings. The largest absolute Gasteiger partial charge is 0.462 e. The number of anilines is 1. The van der Waals surface area contributed by atoms with Gasteiger partial charge in [-0.2, -0.15) is 31.4 Å². The number of aromatic nitrogens is 5. The molecule has 1 saturated carbocycles. The van der Waals surface area contributed by atoms with Gasteiger partial charge in [0, 0.05) is 43.8 Å². The van der Waals surface area contributed by atoms with E-state index in [2.05, 4.69) is 20.1 Å². The lowest BCUT2D eigenvalue weighted by Gasteiger charge is -2.39. The Hall–Kier alpha value is -3.12. The van der Waals surface area contributed by atoms with Gasteiger partial charge in [0.15, 0.2) is 11.9 Å². The molecule has 2 bridgehead atoms. The van der Waals surface area contributed by atoms with Gasteiger partial charge in [-0.25, -0.2) is 14.5 Å². The first-order valence-corrected chi connectivity index (χ1v) is 11.2. The minimum Gasteiger partial charge on any atom is -0.462 e. The summed E-state index contributed by atoms with van der Waals surface area (Å²) in [6.07, 6.45) is -4.72. The number of piperidine rings is 1. The molecule has 2 unspecified atom stereocenters. The van der Waals surface area contributed by atoms with E-state index < -0.39 is 24.2 Å². The molecule has 4 atom stereocenters. The zero-order valence-electron chi connectivity index (χ0n) is 18.6. The minimum atomic E-state index is -4.54. The Labute approximate surface area is 196 Å². The van der Waals surface area contributed by atoms with Crippen LogP contribution in [0.15, 0.2) is 30.7 Å². The molecule has 3 aromatic rings. The summed E-state index contributed by atoms with van der Waals surface area (Å²) in [5.74, 6) is 0.927. The number of hydrogen-bond acceptors (Lipinski definition) is 6. The minimum absolute atomic E-state index is 0.111. The second-order valence-corrected chi connectivity index (χ2v) is 9.10. The Morgan fingerprint density at radius 2 is 1.77 bits per heavy atom. The highest BCUT2D eigenvalue weighted by Crippen LogP contribution is 2.45. The number of hydrogen-bond donors (Lipinski definition) is 0. The number of ether oxygens (including phenoxy) is 1. The third kappa shape index (κ3) is 4.72. The van der Waals surface area contributed by atoms with E-state index in [9.17, 15) is 26.3 Å². The van der Waals surface area contributed by atoms with E-state index in [1.54, 1.807) is 6.07 Å². The summed E-state index contributed by atoms with van der Waals surface area (Å²) >= 11 is 0. The molecule has 2 fully saturated rings. The van der Waals surface area contributed by atoms with Gasteiger partial charge in [0.1, 0.15) is 5.69 Å². The van der Waals surface area contributed by atoms with Gasteiger partial charge in [-0.15, -0.1) is 0 Å². The zero-order valence-corrected chi connectivity index (χ0v) is 18.6. The maximum atomic E-state index is 13.1. The van der Waals surface area contributed by atoms with Crippen molar-refractivity contribution >= 4 is 11.3 Å². The zero-order chi connectivity index (χ0) is 25.0. The second-order valence-electron chi connectivity index (χ2n) is 9.10. The molecule has 1 aliphatic carbocycles. The highest BCUT2D eigenvalue weighted by atomic mass is 19.4. The Morgan fingerprint density at radius 3 is 2.43 bits per heavy atom.